The van der Waals surface area contributed by atoms with E-state index in [2.05, 4.69) is 40.5 Å². The van der Waals surface area contributed by atoms with Crippen molar-refractivity contribution in [1.82, 2.24) is 0 Å². The van der Waals surface area contributed by atoms with E-state index in [0.717, 1.165) is 57.8 Å². The maximum atomic E-state index is 14.1. The first-order chi connectivity index (χ1) is 27.6. The lowest BCUT2D eigenvalue weighted by molar-refractivity contribution is -0.116. The molecule has 0 fully saturated rings. The number of ketones is 1. The van der Waals surface area contributed by atoms with Gasteiger partial charge in [-0.3, -0.25) is 9.59 Å². The van der Waals surface area contributed by atoms with Gasteiger partial charge in [0.05, 0.1) is 41.7 Å². The number of ether oxygens (including phenoxy) is 3. The number of carbonyl (C=O) groups is 3. The second-order valence-electron chi connectivity index (χ2n) is 15.7. The average molecular weight is 763 g/mol. The number of para-hydroxylation sites is 2. The van der Waals surface area contributed by atoms with Gasteiger partial charge in [-0.05, 0) is 96.8 Å². The Labute approximate surface area is 332 Å². The van der Waals surface area contributed by atoms with Crippen molar-refractivity contribution >= 4 is 40.3 Å². The largest absolute Gasteiger partial charge is 0.493 e. The number of aryl methyl sites for hydroxylation is 2. The molecule has 0 saturated carbocycles. The highest BCUT2D eigenvalue weighted by atomic mass is 16.5. The molecule has 0 aliphatic carbocycles. The third kappa shape index (κ3) is 6.73. The Morgan fingerprint density at radius 1 is 0.719 bits per heavy atom. The van der Waals surface area contributed by atoms with Crippen LogP contribution < -0.4 is 34.2 Å². The van der Waals surface area contributed by atoms with Gasteiger partial charge in [-0.25, -0.2) is 0 Å². The van der Waals surface area contributed by atoms with Crippen LogP contribution in [0.2, 0.25) is 0 Å². The van der Waals surface area contributed by atoms with Gasteiger partial charge in [0, 0.05) is 50.1 Å². The zero-order valence-corrected chi connectivity index (χ0v) is 32.8. The molecule has 2 atom stereocenters. The first-order valence-corrected chi connectivity index (χ1v) is 19.7. The highest BCUT2D eigenvalue weighted by Crippen LogP contribution is 2.43. The molecule has 5 aromatic carbocycles. The second-order valence-corrected chi connectivity index (χ2v) is 15.7. The Morgan fingerprint density at radius 3 is 2.02 bits per heavy atom. The molecule has 4 heterocycles. The number of nitrogens with one attached hydrogen (secondary N) is 1. The number of rotatable bonds is 10. The van der Waals surface area contributed by atoms with Crippen molar-refractivity contribution in [1.29, 1.82) is 0 Å². The molecule has 57 heavy (non-hydrogen) atoms. The summed E-state index contributed by atoms with van der Waals surface area (Å²) in [5.41, 5.74) is 10.8. The molecule has 0 spiro atoms. The molecular weight excluding hydrogens is 717 g/mol. The third-order valence-electron chi connectivity index (χ3n) is 11.7. The normalized spacial score (nSPS) is 17.6. The van der Waals surface area contributed by atoms with E-state index in [4.69, 9.17) is 14.2 Å². The SMILES string of the molecule is COc1cc2c(cc1OCc1cc(CCC(C)=O)cc(COc3cc4c(cc3C)C(=O)N3c5ccccc5C[C@H]3CN4)c1)N(C)C[C@@H]1Cc3ccccc3N1C2=O. The Kier molecular flexibility index (Phi) is 9.35. The molecule has 0 bridgehead atoms. The first kappa shape index (κ1) is 36.4. The van der Waals surface area contributed by atoms with Gasteiger partial charge < -0.3 is 39.0 Å². The number of benzene rings is 5. The number of Topliss-reactive ketones (excluding diaryl/α,β-unsaturated/α-hetero) is 1. The lowest BCUT2D eigenvalue weighted by Gasteiger charge is -2.25. The molecule has 5 aromatic rings. The van der Waals surface area contributed by atoms with E-state index in [1.54, 1.807) is 20.1 Å². The van der Waals surface area contributed by atoms with Crippen LogP contribution in [0.3, 0.4) is 0 Å². The van der Waals surface area contributed by atoms with Crippen LogP contribution in [0, 0.1) is 6.92 Å². The Morgan fingerprint density at radius 2 is 1.33 bits per heavy atom. The number of methoxy groups -OCH3 is 1. The fourth-order valence-corrected chi connectivity index (χ4v) is 8.95. The number of amides is 2. The highest BCUT2D eigenvalue weighted by Gasteiger charge is 2.40. The Bertz CT molecular complexity index is 2440. The van der Waals surface area contributed by atoms with Crippen LogP contribution in [0.4, 0.5) is 22.7 Å². The number of hydrogen-bond donors (Lipinski definition) is 1. The predicted octanol–water partition coefficient (Wildman–Crippen LogP) is 7.70. The smallest absolute Gasteiger partial charge is 0.260 e. The van der Waals surface area contributed by atoms with Crippen LogP contribution in [0.1, 0.15) is 67.4 Å². The summed E-state index contributed by atoms with van der Waals surface area (Å²) in [6, 6.07) is 30.1. The Balaban J connectivity index is 0.950. The van der Waals surface area contributed by atoms with Crippen molar-refractivity contribution in [3.8, 4) is 17.2 Å². The monoisotopic (exact) mass is 762 g/mol. The van der Waals surface area contributed by atoms with Crippen molar-refractivity contribution in [2.75, 3.05) is 47.3 Å². The van der Waals surface area contributed by atoms with Gasteiger partial charge in [0.2, 0.25) is 0 Å². The van der Waals surface area contributed by atoms with Gasteiger partial charge in [0.1, 0.15) is 24.7 Å². The summed E-state index contributed by atoms with van der Waals surface area (Å²) in [5, 5.41) is 3.53. The number of nitrogens with zero attached hydrogens (tertiary/aromatic N) is 3. The zero-order chi connectivity index (χ0) is 39.4. The molecule has 0 unspecified atom stereocenters. The molecular formula is C47H46N4O6. The second kappa shape index (κ2) is 14.7. The fraction of sp³-hybridized carbons (Fsp3) is 0.298. The molecule has 2 amide bonds. The van der Waals surface area contributed by atoms with Crippen LogP contribution in [-0.4, -0.2) is 56.9 Å². The van der Waals surface area contributed by atoms with E-state index in [0.29, 0.717) is 54.3 Å². The van der Waals surface area contributed by atoms with Gasteiger partial charge in [-0.1, -0.05) is 48.5 Å². The molecule has 4 aliphatic heterocycles. The maximum absolute atomic E-state index is 14.1. The van der Waals surface area contributed by atoms with Crippen molar-refractivity contribution in [2.45, 2.75) is 64.8 Å². The standard InChI is InChI=1S/C47H46N4O6/c1-28-15-37-39(48-24-35-19-33-9-5-7-11-40(33)50(35)46(37)53)22-43(28)56-26-31-16-30(14-13-29(2)52)17-32(18-31)27-57-45-23-42-38(21-44(45)55-4)47(54)51-36(25-49(42)3)20-34-10-6-8-12-41(34)51/h5-12,15-18,21-23,35-36,48H,13-14,19-20,24-27H2,1-4H3/t35-,36-/m0/s1. The van der Waals surface area contributed by atoms with Crippen molar-refractivity contribution < 1.29 is 28.6 Å². The van der Waals surface area contributed by atoms with Gasteiger partial charge in [-0.15, -0.1) is 0 Å². The molecule has 290 valence electrons. The van der Waals surface area contributed by atoms with Crippen LogP contribution in [0.5, 0.6) is 17.2 Å². The summed E-state index contributed by atoms with van der Waals surface area (Å²) in [5.74, 6) is 1.79. The molecule has 9 rings (SSSR count). The number of fused-ring (bicyclic) bond motifs is 8. The minimum absolute atomic E-state index is 0.00196. The number of likely N-dealkylation sites (N-methyl/N-ethyl adjacent to an activating group) is 1. The number of anilines is 4. The molecule has 0 aromatic heterocycles. The molecule has 1 N–H and O–H groups in total. The van der Waals surface area contributed by atoms with E-state index < -0.39 is 0 Å². The topological polar surface area (TPSA) is 101 Å². The van der Waals surface area contributed by atoms with Crippen LogP contribution in [0.15, 0.2) is 91.0 Å². The summed E-state index contributed by atoms with van der Waals surface area (Å²) in [6.07, 6.45) is 2.65. The van der Waals surface area contributed by atoms with Crippen molar-refractivity contribution in [3.63, 3.8) is 0 Å². The van der Waals surface area contributed by atoms with Gasteiger partial charge in [-0.2, -0.15) is 0 Å². The predicted molar refractivity (Wildman–Crippen MR) is 222 cm³/mol. The van der Waals surface area contributed by atoms with E-state index in [1.807, 2.05) is 78.4 Å². The Hall–Kier alpha value is -6.29. The maximum Gasteiger partial charge on any atom is 0.260 e. The third-order valence-corrected chi connectivity index (χ3v) is 11.7. The van der Waals surface area contributed by atoms with E-state index in [1.165, 1.54) is 11.1 Å². The minimum atomic E-state index is -0.0461. The molecule has 4 aliphatic rings. The van der Waals surface area contributed by atoms with Crippen LogP contribution in [0.25, 0.3) is 0 Å². The zero-order valence-electron chi connectivity index (χ0n) is 32.8. The quantitative estimate of drug-likeness (QED) is 0.155. The van der Waals surface area contributed by atoms with Crippen molar-refractivity contribution in [3.05, 3.63) is 136 Å². The summed E-state index contributed by atoms with van der Waals surface area (Å²) >= 11 is 0. The molecule has 0 saturated heterocycles. The van der Waals surface area contributed by atoms with E-state index in [9.17, 15) is 14.4 Å². The van der Waals surface area contributed by atoms with E-state index in [-0.39, 0.29) is 42.9 Å². The average Bonchev–Trinajstić information content (AvgIpc) is 3.71. The summed E-state index contributed by atoms with van der Waals surface area (Å²) < 4.78 is 18.8. The number of carbonyl (C=O) groups excluding carboxylic acids is 3. The lowest BCUT2D eigenvalue weighted by Crippen LogP contribution is -2.41. The van der Waals surface area contributed by atoms with E-state index >= 15 is 0 Å². The molecule has 0 radical (unpaired) electrons. The molecule has 10 heteroatoms. The fourth-order valence-electron chi connectivity index (χ4n) is 8.95. The van der Waals surface area contributed by atoms with Crippen LogP contribution >= 0.6 is 0 Å². The van der Waals surface area contributed by atoms with Crippen molar-refractivity contribution in [2.24, 2.45) is 0 Å². The van der Waals surface area contributed by atoms with Gasteiger partial charge in [0.25, 0.3) is 11.8 Å². The van der Waals surface area contributed by atoms with Crippen LogP contribution in [-0.2, 0) is 37.3 Å². The number of hydrogen-bond acceptors (Lipinski definition) is 8. The minimum Gasteiger partial charge on any atom is -0.493 e. The summed E-state index contributed by atoms with van der Waals surface area (Å²) in [7, 11) is 3.60. The highest BCUT2D eigenvalue weighted by molar-refractivity contribution is 6.13. The summed E-state index contributed by atoms with van der Waals surface area (Å²) in [4.78, 5) is 46.0. The van der Waals surface area contributed by atoms with Gasteiger partial charge in [0.15, 0.2) is 11.5 Å². The lowest BCUT2D eigenvalue weighted by atomic mass is 10.0. The molecule has 10 nitrogen and oxygen atoms in total. The van der Waals surface area contributed by atoms with Gasteiger partial charge >= 0.3 is 0 Å². The first-order valence-electron chi connectivity index (χ1n) is 19.7. The summed E-state index contributed by atoms with van der Waals surface area (Å²) in [6.45, 7) is 5.42.